The van der Waals surface area contributed by atoms with Crippen LogP contribution in [-0.4, -0.2) is 33.6 Å². The van der Waals surface area contributed by atoms with E-state index in [2.05, 4.69) is 15.1 Å². The predicted molar refractivity (Wildman–Crippen MR) is 128 cm³/mol. The van der Waals surface area contributed by atoms with Gasteiger partial charge in [0.1, 0.15) is 10.7 Å². The van der Waals surface area contributed by atoms with E-state index < -0.39 is 5.97 Å². The van der Waals surface area contributed by atoms with Crippen molar-refractivity contribution in [3.63, 3.8) is 0 Å². The van der Waals surface area contributed by atoms with Gasteiger partial charge in [-0.25, -0.2) is 19.2 Å². The van der Waals surface area contributed by atoms with Crippen molar-refractivity contribution in [3.8, 4) is 0 Å². The van der Waals surface area contributed by atoms with Crippen LogP contribution in [-0.2, 0) is 11.3 Å². The molecule has 8 nitrogen and oxygen atoms in total. The van der Waals surface area contributed by atoms with Gasteiger partial charge in [0.05, 0.1) is 35.5 Å². The molecule has 35 heavy (non-hydrogen) atoms. The smallest absolute Gasteiger partial charge is 0.350 e. The summed E-state index contributed by atoms with van der Waals surface area (Å²) in [5.41, 5.74) is 3.26. The normalized spacial score (nSPS) is 13.3. The fourth-order valence-electron chi connectivity index (χ4n) is 3.90. The Hall–Kier alpha value is -3.66. The van der Waals surface area contributed by atoms with Crippen molar-refractivity contribution in [1.29, 1.82) is 0 Å². The molecule has 3 aromatic heterocycles. The summed E-state index contributed by atoms with van der Waals surface area (Å²) >= 11 is 1.09. The van der Waals surface area contributed by atoms with E-state index in [0.29, 0.717) is 49.5 Å². The number of aromatic nitrogens is 3. The Balaban J connectivity index is 1.61. The highest BCUT2D eigenvalue weighted by Gasteiger charge is 2.32. The first-order valence-corrected chi connectivity index (χ1v) is 12.1. The second-order valence-corrected chi connectivity index (χ2v) is 9.44. The first-order valence-electron chi connectivity index (χ1n) is 11.3. The van der Waals surface area contributed by atoms with E-state index in [1.165, 1.54) is 17.0 Å². The van der Waals surface area contributed by atoms with Crippen LogP contribution >= 0.6 is 11.3 Å². The maximum absolute atomic E-state index is 14.1. The van der Waals surface area contributed by atoms with Gasteiger partial charge in [-0.1, -0.05) is 28.6 Å². The molecule has 0 atom stereocenters. The Bertz CT molecular complexity index is 1430. The number of pyridine rings is 1. The van der Waals surface area contributed by atoms with E-state index in [1.54, 1.807) is 39.0 Å². The van der Waals surface area contributed by atoms with Gasteiger partial charge < -0.3 is 9.26 Å². The molecule has 0 saturated heterocycles. The molecule has 1 fully saturated rings. The minimum Gasteiger partial charge on any atom is -0.462 e. The van der Waals surface area contributed by atoms with Crippen LogP contribution in [0.1, 0.15) is 68.4 Å². The zero-order valence-electron chi connectivity index (χ0n) is 19.5. The zero-order valence-corrected chi connectivity index (χ0v) is 20.3. The Morgan fingerprint density at radius 1 is 1.17 bits per heavy atom. The van der Waals surface area contributed by atoms with Crippen LogP contribution in [0, 0.1) is 19.7 Å². The van der Waals surface area contributed by atoms with Gasteiger partial charge in [0.15, 0.2) is 5.13 Å². The summed E-state index contributed by atoms with van der Waals surface area (Å²) in [6.07, 6.45) is 2.01. The van der Waals surface area contributed by atoms with E-state index in [-0.39, 0.29) is 24.9 Å². The van der Waals surface area contributed by atoms with Crippen molar-refractivity contribution in [3.05, 3.63) is 69.2 Å². The number of aryl methyl sites for hydroxylation is 2. The molecule has 180 valence electrons. The molecule has 0 bridgehead atoms. The number of carbonyl (C=O) groups excluding carboxylic acids is 2. The summed E-state index contributed by atoms with van der Waals surface area (Å²) < 4.78 is 24.1. The van der Waals surface area contributed by atoms with Gasteiger partial charge in [0, 0.05) is 11.6 Å². The van der Waals surface area contributed by atoms with Crippen molar-refractivity contribution in [2.45, 2.75) is 46.1 Å². The molecular formula is C25H23FN4O4S. The molecule has 0 unspecified atom stereocenters. The third-order valence-electron chi connectivity index (χ3n) is 5.84. The first-order chi connectivity index (χ1) is 16.9. The summed E-state index contributed by atoms with van der Waals surface area (Å²) in [6, 6.07) is 7.72. The maximum Gasteiger partial charge on any atom is 0.350 e. The molecule has 1 aliphatic carbocycles. The highest BCUT2D eigenvalue weighted by Crippen LogP contribution is 2.41. The Morgan fingerprint density at radius 2 is 1.91 bits per heavy atom. The number of amides is 1. The van der Waals surface area contributed by atoms with Gasteiger partial charge in [-0.2, -0.15) is 0 Å². The fourth-order valence-corrected chi connectivity index (χ4v) is 4.86. The number of rotatable bonds is 7. The Kier molecular flexibility index (Phi) is 6.06. The summed E-state index contributed by atoms with van der Waals surface area (Å²) in [6.45, 7) is 5.55. The SMILES string of the molecule is CCOC(=O)c1sc(N(Cc2ccc(F)cc2)C(=O)c2cc(C3CC3)nc3onc(C)c23)nc1C. The minimum atomic E-state index is -0.486. The molecule has 0 N–H and O–H groups in total. The van der Waals surface area contributed by atoms with Gasteiger partial charge in [0.25, 0.3) is 11.6 Å². The van der Waals surface area contributed by atoms with E-state index >= 15 is 0 Å². The van der Waals surface area contributed by atoms with Gasteiger partial charge >= 0.3 is 5.97 Å². The molecule has 10 heteroatoms. The number of fused-ring (bicyclic) bond motifs is 1. The molecule has 1 saturated carbocycles. The highest BCUT2D eigenvalue weighted by atomic mass is 32.1. The molecule has 3 heterocycles. The minimum absolute atomic E-state index is 0.126. The van der Waals surface area contributed by atoms with Crippen LogP contribution in [0.15, 0.2) is 34.9 Å². The van der Waals surface area contributed by atoms with Crippen LogP contribution in [0.25, 0.3) is 11.1 Å². The highest BCUT2D eigenvalue weighted by molar-refractivity contribution is 7.17. The lowest BCUT2D eigenvalue weighted by molar-refractivity contribution is 0.0531. The van der Waals surface area contributed by atoms with E-state index in [1.807, 2.05) is 0 Å². The lowest BCUT2D eigenvalue weighted by Crippen LogP contribution is -2.30. The molecule has 5 rings (SSSR count). The Morgan fingerprint density at radius 3 is 2.60 bits per heavy atom. The molecule has 1 amide bonds. The lowest BCUT2D eigenvalue weighted by Gasteiger charge is -2.21. The van der Waals surface area contributed by atoms with Crippen molar-refractivity contribution >= 4 is 39.4 Å². The third-order valence-corrected chi connectivity index (χ3v) is 7.00. The second kappa shape index (κ2) is 9.18. The number of benzene rings is 1. The summed E-state index contributed by atoms with van der Waals surface area (Å²) in [5, 5.41) is 4.91. The maximum atomic E-state index is 14.1. The standard InChI is InChI=1S/C25H23FN4O4S/c1-4-33-24(32)21-14(3)27-25(35-21)30(12-15-5-9-17(26)10-6-15)23(31)18-11-19(16-7-8-16)28-22-20(18)13(2)29-34-22/h5-6,9-11,16H,4,7-8,12H2,1-3H3. The van der Waals surface area contributed by atoms with Crippen molar-refractivity contribution in [2.75, 3.05) is 11.5 Å². The number of anilines is 1. The van der Waals surface area contributed by atoms with E-state index in [9.17, 15) is 14.0 Å². The number of thiazole rings is 1. The topological polar surface area (TPSA) is 98.4 Å². The number of hydrogen-bond donors (Lipinski definition) is 0. The van der Waals surface area contributed by atoms with E-state index in [0.717, 1.165) is 29.9 Å². The average molecular weight is 495 g/mol. The van der Waals surface area contributed by atoms with Crippen LogP contribution in [0.4, 0.5) is 9.52 Å². The van der Waals surface area contributed by atoms with E-state index in [4.69, 9.17) is 9.26 Å². The number of nitrogens with zero attached hydrogens (tertiary/aromatic N) is 4. The second-order valence-electron chi connectivity index (χ2n) is 8.47. The molecule has 0 aliphatic heterocycles. The molecule has 0 spiro atoms. The molecule has 1 aromatic carbocycles. The molecule has 1 aliphatic rings. The zero-order chi connectivity index (χ0) is 24.7. The van der Waals surface area contributed by atoms with Crippen molar-refractivity contribution in [1.82, 2.24) is 15.1 Å². The number of esters is 1. The number of halogens is 1. The molecule has 4 aromatic rings. The summed E-state index contributed by atoms with van der Waals surface area (Å²) in [4.78, 5) is 37.4. The number of carbonyl (C=O) groups is 2. The monoisotopic (exact) mass is 494 g/mol. The predicted octanol–water partition coefficient (Wildman–Crippen LogP) is 5.34. The number of hydrogen-bond acceptors (Lipinski definition) is 8. The molecular weight excluding hydrogens is 471 g/mol. The van der Waals surface area contributed by atoms with Gasteiger partial charge in [0.2, 0.25) is 0 Å². The fraction of sp³-hybridized carbons (Fsp3) is 0.320. The number of ether oxygens (including phenoxy) is 1. The van der Waals surface area contributed by atoms with Gasteiger partial charge in [-0.15, -0.1) is 0 Å². The van der Waals surface area contributed by atoms with Gasteiger partial charge in [-0.05, 0) is 57.4 Å². The lowest BCUT2D eigenvalue weighted by atomic mass is 10.1. The first kappa shape index (κ1) is 23.1. The van der Waals surface area contributed by atoms with Crippen LogP contribution in [0.3, 0.4) is 0 Å². The summed E-state index contributed by atoms with van der Waals surface area (Å²) in [5.74, 6) is -0.898. The third kappa shape index (κ3) is 4.53. The van der Waals surface area contributed by atoms with Crippen molar-refractivity contribution < 1.29 is 23.2 Å². The van der Waals surface area contributed by atoms with Crippen molar-refractivity contribution in [2.24, 2.45) is 0 Å². The molecule has 0 radical (unpaired) electrons. The quantitative estimate of drug-likeness (QED) is 0.320. The average Bonchev–Trinajstić information content (AvgIpc) is 3.53. The van der Waals surface area contributed by atoms with Crippen LogP contribution < -0.4 is 4.90 Å². The Labute approximate surface area is 204 Å². The summed E-state index contributed by atoms with van der Waals surface area (Å²) in [7, 11) is 0. The van der Waals surface area contributed by atoms with Crippen LogP contribution in [0.2, 0.25) is 0 Å². The van der Waals surface area contributed by atoms with Gasteiger partial charge in [-0.3, -0.25) is 9.69 Å². The largest absolute Gasteiger partial charge is 0.462 e. The van der Waals surface area contributed by atoms with Crippen LogP contribution in [0.5, 0.6) is 0 Å².